The van der Waals surface area contributed by atoms with Crippen molar-refractivity contribution in [1.29, 1.82) is 0 Å². The number of carbonyl (C=O) groups excluding carboxylic acids is 1. The summed E-state index contributed by atoms with van der Waals surface area (Å²) in [5.41, 5.74) is -0.919. The highest BCUT2D eigenvalue weighted by Gasteiger charge is 2.26. The smallest absolute Gasteiger partial charge is 0.122 e. The summed E-state index contributed by atoms with van der Waals surface area (Å²) in [4.78, 5) is 10.1. The molecule has 0 aromatic heterocycles. The summed E-state index contributed by atoms with van der Waals surface area (Å²) in [7, 11) is 0. The van der Waals surface area contributed by atoms with Gasteiger partial charge in [-0.2, -0.15) is 0 Å². The quantitative estimate of drug-likeness (QED) is 0.568. The third-order valence-electron chi connectivity index (χ3n) is 1.94. The summed E-state index contributed by atoms with van der Waals surface area (Å²) in [6, 6.07) is -0.0438. The first-order valence-electron chi connectivity index (χ1n) is 3.94. The Balaban J connectivity index is 3.93. The molecule has 0 fully saturated rings. The second-order valence-electron chi connectivity index (χ2n) is 3.01. The fourth-order valence-corrected chi connectivity index (χ4v) is 0.872. The zero-order valence-electron chi connectivity index (χ0n) is 7.42. The minimum atomic E-state index is -0.919. The van der Waals surface area contributed by atoms with Crippen LogP contribution in [0.25, 0.3) is 0 Å². The first-order chi connectivity index (χ1) is 5.04. The molecule has 0 spiro atoms. The normalized spacial score (nSPS) is 18.9. The van der Waals surface area contributed by atoms with Crippen LogP contribution in [0, 0.1) is 0 Å². The summed E-state index contributed by atoms with van der Waals surface area (Å²) in [6.45, 7) is 6.30. The minimum Gasteiger partial charge on any atom is -0.388 e. The summed E-state index contributed by atoms with van der Waals surface area (Å²) in [5, 5.41) is 12.7. The van der Waals surface area contributed by atoms with E-state index in [2.05, 4.69) is 5.32 Å². The van der Waals surface area contributed by atoms with Crippen molar-refractivity contribution in [2.75, 3.05) is 6.54 Å². The monoisotopic (exact) mass is 159 g/mol. The van der Waals surface area contributed by atoms with Gasteiger partial charge in [-0.1, -0.05) is 6.92 Å². The maximum Gasteiger partial charge on any atom is 0.122 e. The first kappa shape index (κ1) is 10.6. The highest BCUT2D eigenvalue weighted by atomic mass is 16.3. The van der Waals surface area contributed by atoms with Crippen molar-refractivity contribution in [1.82, 2.24) is 5.32 Å². The standard InChI is InChI=1S/C8H17NO2/c1-4-9-7(2)8(3,11)5-6-10/h6-7,9,11H,4-5H2,1-3H3. The number of hydrogen-bond donors (Lipinski definition) is 2. The molecule has 0 saturated carbocycles. The molecule has 2 N–H and O–H groups in total. The third-order valence-corrected chi connectivity index (χ3v) is 1.94. The average molecular weight is 159 g/mol. The number of aldehydes is 1. The van der Waals surface area contributed by atoms with Crippen LogP contribution in [0.3, 0.4) is 0 Å². The van der Waals surface area contributed by atoms with Crippen LogP contribution in [0.5, 0.6) is 0 Å². The molecule has 0 radical (unpaired) electrons. The Morgan fingerprint density at radius 3 is 2.64 bits per heavy atom. The predicted molar refractivity (Wildman–Crippen MR) is 44.4 cm³/mol. The average Bonchev–Trinajstić information content (AvgIpc) is 1.88. The van der Waals surface area contributed by atoms with Gasteiger partial charge in [0, 0.05) is 12.5 Å². The van der Waals surface area contributed by atoms with Gasteiger partial charge in [-0.15, -0.1) is 0 Å². The molecule has 0 bridgehead atoms. The van der Waals surface area contributed by atoms with E-state index in [1.165, 1.54) is 0 Å². The molecule has 11 heavy (non-hydrogen) atoms. The summed E-state index contributed by atoms with van der Waals surface area (Å²) in [5.74, 6) is 0. The Kier molecular flexibility index (Phi) is 4.30. The van der Waals surface area contributed by atoms with Gasteiger partial charge >= 0.3 is 0 Å². The van der Waals surface area contributed by atoms with E-state index in [9.17, 15) is 9.90 Å². The number of nitrogens with one attached hydrogen (secondary N) is 1. The van der Waals surface area contributed by atoms with Gasteiger partial charge in [-0.3, -0.25) is 0 Å². The SMILES string of the molecule is CCNC(C)C(C)(O)CC=O. The fraction of sp³-hybridized carbons (Fsp3) is 0.875. The minimum absolute atomic E-state index is 0.0438. The molecular weight excluding hydrogens is 142 g/mol. The van der Waals surface area contributed by atoms with Crippen molar-refractivity contribution < 1.29 is 9.90 Å². The Labute approximate surface area is 67.8 Å². The maximum atomic E-state index is 10.1. The molecular formula is C8H17NO2. The molecule has 0 heterocycles. The molecule has 3 heteroatoms. The van der Waals surface area contributed by atoms with Crippen LogP contribution in [0.4, 0.5) is 0 Å². The van der Waals surface area contributed by atoms with Gasteiger partial charge in [0.05, 0.1) is 5.60 Å². The molecule has 0 amide bonds. The van der Waals surface area contributed by atoms with E-state index in [-0.39, 0.29) is 12.5 Å². The zero-order valence-corrected chi connectivity index (χ0v) is 7.42. The highest BCUT2D eigenvalue weighted by Crippen LogP contribution is 2.12. The van der Waals surface area contributed by atoms with E-state index >= 15 is 0 Å². The van der Waals surface area contributed by atoms with Crippen molar-refractivity contribution in [2.24, 2.45) is 0 Å². The van der Waals surface area contributed by atoms with E-state index in [4.69, 9.17) is 0 Å². The van der Waals surface area contributed by atoms with Gasteiger partial charge in [0.25, 0.3) is 0 Å². The van der Waals surface area contributed by atoms with Gasteiger partial charge in [0.2, 0.25) is 0 Å². The van der Waals surface area contributed by atoms with Crippen molar-refractivity contribution >= 4 is 6.29 Å². The van der Waals surface area contributed by atoms with E-state index < -0.39 is 5.60 Å². The highest BCUT2D eigenvalue weighted by molar-refractivity contribution is 5.51. The lowest BCUT2D eigenvalue weighted by atomic mass is 9.95. The molecule has 0 aromatic rings. The maximum absolute atomic E-state index is 10.1. The number of rotatable bonds is 5. The zero-order chi connectivity index (χ0) is 8.91. The van der Waals surface area contributed by atoms with E-state index in [1.807, 2.05) is 13.8 Å². The van der Waals surface area contributed by atoms with Gasteiger partial charge in [-0.25, -0.2) is 0 Å². The van der Waals surface area contributed by atoms with Gasteiger partial charge in [-0.05, 0) is 20.4 Å². The summed E-state index contributed by atoms with van der Waals surface area (Å²) < 4.78 is 0. The lowest BCUT2D eigenvalue weighted by molar-refractivity contribution is -0.112. The van der Waals surface area contributed by atoms with Crippen molar-refractivity contribution in [3.05, 3.63) is 0 Å². The lowest BCUT2D eigenvalue weighted by Crippen LogP contribution is -2.46. The van der Waals surface area contributed by atoms with Gasteiger partial charge < -0.3 is 15.2 Å². The molecule has 0 rings (SSSR count). The van der Waals surface area contributed by atoms with E-state index in [0.29, 0.717) is 0 Å². The molecule has 0 aliphatic rings. The van der Waals surface area contributed by atoms with E-state index in [0.717, 1.165) is 12.8 Å². The Morgan fingerprint density at radius 2 is 2.27 bits per heavy atom. The molecule has 0 aliphatic carbocycles. The van der Waals surface area contributed by atoms with Crippen LogP contribution < -0.4 is 5.32 Å². The number of hydrogen-bond acceptors (Lipinski definition) is 3. The van der Waals surface area contributed by atoms with Crippen molar-refractivity contribution in [3.8, 4) is 0 Å². The van der Waals surface area contributed by atoms with Crippen LogP contribution in [0.15, 0.2) is 0 Å². The Hall–Kier alpha value is -0.410. The van der Waals surface area contributed by atoms with Crippen molar-refractivity contribution in [2.45, 2.75) is 38.8 Å². The third kappa shape index (κ3) is 3.49. The second-order valence-corrected chi connectivity index (χ2v) is 3.01. The molecule has 2 atom stereocenters. The molecule has 66 valence electrons. The summed E-state index contributed by atoms with van der Waals surface area (Å²) in [6.07, 6.45) is 0.926. The Bertz CT molecular complexity index is 123. The number of aliphatic hydroxyl groups is 1. The largest absolute Gasteiger partial charge is 0.388 e. The number of carbonyl (C=O) groups is 1. The molecule has 0 aliphatic heterocycles. The molecule has 0 saturated heterocycles. The van der Waals surface area contributed by atoms with Crippen LogP contribution in [0.1, 0.15) is 27.2 Å². The summed E-state index contributed by atoms with van der Waals surface area (Å²) >= 11 is 0. The first-order valence-corrected chi connectivity index (χ1v) is 3.94. The van der Waals surface area contributed by atoms with Gasteiger partial charge in [0.15, 0.2) is 0 Å². The van der Waals surface area contributed by atoms with Gasteiger partial charge in [0.1, 0.15) is 6.29 Å². The fourth-order valence-electron chi connectivity index (χ4n) is 0.872. The second kappa shape index (κ2) is 4.46. The molecule has 2 unspecified atom stereocenters. The van der Waals surface area contributed by atoms with Crippen molar-refractivity contribution in [3.63, 3.8) is 0 Å². The number of likely N-dealkylation sites (N-methyl/N-ethyl adjacent to an activating group) is 1. The van der Waals surface area contributed by atoms with E-state index in [1.54, 1.807) is 6.92 Å². The topological polar surface area (TPSA) is 49.3 Å². The van der Waals surface area contributed by atoms with Crippen LogP contribution in [0.2, 0.25) is 0 Å². The van der Waals surface area contributed by atoms with Crippen LogP contribution >= 0.6 is 0 Å². The lowest BCUT2D eigenvalue weighted by Gasteiger charge is -2.28. The molecule has 0 aromatic carbocycles. The Morgan fingerprint density at radius 1 is 1.73 bits per heavy atom. The van der Waals surface area contributed by atoms with Crippen LogP contribution in [-0.2, 0) is 4.79 Å². The molecule has 3 nitrogen and oxygen atoms in total. The van der Waals surface area contributed by atoms with Crippen LogP contribution in [-0.4, -0.2) is 29.6 Å². The predicted octanol–water partition coefficient (Wildman–Crippen LogP) is 0.324.